The number of anilines is 1. The second kappa shape index (κ2) is 5.85. The van der Waals surface area contributed by atoms with Crippen LogP contribution in [0.4, 0.5) is 5.69 Å². The number of aliphatic imine (C=N–C) groups is 1. The van der Waals surface area contributed by atoms with Crippen molar-refractivity contribution in [2.45, 2.75) is 13.2 Å². The fraction of sp³-hybridized carbons (Fsp3) is 0.188. The van der Waals surface area contributed by atoms with Crippen LogP contribution in [0.3, 0.4) is 0 Å². The summed E-state index contributed by atoms with van der Waals surface area (Å²) in [5, 5.41) is 10.8. The van der Waals surface area contributed by atoms with Gasteiger partial charge in [0.05, 0.1) is 19.3 Å². The van der Waals surface area contributed by atoms with E-state index in [-0.39, 0.29) is 0 Å². The van der Waals surface area contributed by atoms with E-state index in [2.05, 4.69) is 4.99 Å². The van der Waals surface area contributed by atoms with Crippen molar-refractivity contribution in [3.05, 3.63) is 53.6 Å². The Morgan fingerprint density at radius 3 is 2.76 bits per heavy atom. The molecule has 0 aliphatic carbocycles. The Morgan fingerprint density at radius 1 is 1.19 bits per heavy atom. The maximum absolute atomic E-state index is 9.82. The van der Waals surface area contributed by atoms with Gasteiger partial charge < -0.3 is 9.47 Å². The van der Waals surface area contributed by atoms with Crippen molar-refractivity contribution < 1.29 is 14.7 Å². The summed E-state index contributed by atoms with van der Waals surface area (Å²) in [4.78, 5) is 4.11. The second-order valence-electron chi connectivity index (χ2n) is 4.67. The third kappa shape index (κ3) is 2.68. The van der Waals surface area contributed by atoms with Gasteiger partial charge in [0.2, 0.25) is 0 Å². The molecule has 0 saturated heterocycles. The highest BCUT2D eigenvalue weighted by atomic mass is 16.5. The van der Waals surface area contributed by atoms with Crippen molar-refractivity contribution >= 4 is 12.0 Å². The molecule has 0 saturated carbocycles. The van der Waals surface area contributed by atoms with Crippen LogP contribution in [0.5, 0.6) is 11.5 Å². The smallest absolute Gasteiger partial charge is 0.168 e. The third-order valence-electron chi connectivity index (χ3n) is 3.33. The van der Waals surface area contributed by atoms with Gasteiger partial charge in [-0.25, -0.2) is 5.06 Å². The zero-order valence-electron chi connectivity index (χ0n) is 11.7. The van der Waals surface area contributed by atoms with Gasteiger partial charge in [0.15, 0.2) is 11.5 Å². The van der Waals surface area contributed by atoms with Crippen LogP contribution in [-0.4, -0.2) is 18.7 Å². The van der Waals surface area contributed by atoms with Gasteiger partial charge in [-0.05, 0) is 17.7 Å². The first kappa shape index (κ1) is 13.5. The predicted octanol–water partition coefficient (Wildman–Crippen LogP) is 3.01. The van der Waals surface area contributed by atoms with E-state index in [1.165, 1.54) is 6.34 Å². The molecule has 1 aliphatic rings. The Labute approximate surface area is 123 Å². The average molecular weight is 284 g/mol. The van der Waals surface area contributed by atoms with Crippen LogP contribution in [0.15, 0.2) is 47.5 Å². The summed E-state index contributed by atoms with van der Waals surface area (Å²) in [6.07, 6.45) is 1.38. The van der Waals surface area contributed by atoms with Gasteiger partial charge in [0, 0.05) is 5.56 Å². The summed E-state index contributed by atoms with van der Waals surface area (Å²) in [7, 11) is 1.60. The lowest BCUT2D eigenvalue weighted by Crippen LogP contribution is -2.21. The molecule has 21 heavy (non-hydrogen) atoms. The lowest BCUT2D eigenvalue weighted by Gasteiger charge is -2.23. The Morgan fingerprint density at radius 2 is 2.00 bits per heavy atom. The third-order valence-corrected chi connectivity index (χ3v) is 3.33. The largest absolute Gasteiger partial charge is 0.493 e. The van der Waals surface area contributed by atoms with Crippen molar-refractivity contribution in [2.24, 2.45) is 4.99 Å². The summed E-state index contributed by atoms with van der Waals surface area (Å²) < 4.78 is 11.3. The van der Waals surface area contributed by atoms with Gasteiger partial charge in [-0.1, -0.05) is 30.3 Å². The standard InChI is InChI=1S/C16H16N2O3/c1-20-15-8-7-14-13(9-17-11-18(14)19)16(15)21-10-12-5-3-2-4-6-12/h2-8,11,19H,9-10H2,1H3. The first-order chi connectivity index (χ1) is 10.3. The fourth-order valence-electron chi connectivity index (χ4n) is 2.28. The number of methoxy groups -OCH3 is 1. The van der Waals surface area contributed by atoms with Crippen LogP contribution in [0.1, 0.15) is 11.1 Å². The molecule has 0 unspecified atom stereocenters. The molecule has 0 aromatic heterocycles. The molecule has 0 spiro atoms. The molecule has 2 aromatic carbocycles. The van der Waals surface area contributed by atoms with Gasteiger partial charge in [-0.2, -0.15) is 0 Å². The molecule has 0 fully saturated rings. The highest BCUT2D eigenvalue weighted by molar-refractivity contribution is 5.82. The maximum atomic E-state index is 9.82. The number of nitrogens with zero attached hydrogens (tertiary/aromatic N) is 2. The molecule has 108 valence electrons. The molecule has 0 amide bonds. The van der Waals surface area contributed by atoms with Crippen molar-refractivity contribution in [2.75, 3.05) is 12.2 Å². The molecule has 5 nitrogen and oxygen atoms in total. The van der Waals surface area contributed by atoms with E-state index in [1.807, 2.05) is 30.3 Å². The number of hydrogen-bond acceptors (Lipinski definition) is 5. The van der Waals surface area contributed by atoms with Gasteiger partial charge in [0.25, 0.3) is 0 Å². The number of benzene rings is 2. The van der Waals surface area contributed by atoms with E-state index in [4.69, 9.17) is 9.47 Å². The van der Waals surface area contributed by atoms with Crippen molar-refractivity contribution in [1.29, 1.82) is 0 Å². The second-order valence-corrected chi connectivity index (χ2v) is 4.67. The summed E-state index contributed by atoms with van der Waals surface area (Å²) >= 11 is 0. The average Bonchev–Trinajstić information content (AvgIpc) is 2.54. The molecule has 0 bridgehead atoms. The van der Waals surface area contributed by atoms with Gasteiger partial charge in [-0.15, -0.1) is 0 Å². The van der Waals surface area contributed by atoms with Crippen LogP contribution in [-0.2, 0) is 13.2 Å². The van der Waals surface area contributed by atoms with Crippen LogP contribution in [0.25, 0.3) is 0 Å². The van der Waals surface area contributed by atoms with Crippen LogP contribution in [0.2, 0.25) is 0 Å². The topological polar surface area (TPSA) is 54.3 Å². The van der Waals surface area contributed by atoms with Crippen LogP contribution >= 0.6 is 0 Å². The van der Waals surface area contributed by atoms with Crippen molar-refractivity contribution in [1.82, 2.24) is 0 Å². The Hall–Kier alpha value is -2.53. The minimum absolute atomic E-state index is 0.433. The molecule has 5 heteroatoms. The normalized spacial score (nSPS) is 13.0. The van der Waals surface area contributed by atoms with Crippen molar-refractivity contribution in [3.63, 3.8) is 0 Å². The van der Waals surface area contributed by atoms with E-state index < -0.39 is 0 Å². The van der Waals surface area contributed by atoms with E-state index in [0.29, 0.717) is 30.3 Å². The highest BCUT2D eigenvalue weighted by Crippen LogP contribution is 2.39. The zero-order chi connectivity index (χ0) is 14.7. The zero-order valence-corrected chi connectivity index (χ0v) is 11.7. The molecule has 1 aliphatic heterocycles. The van der Waals surface area contributed by atoms with E-state index in [1.54, 1.807) is 19.2 Å². The first-order valence-corrected chi connectivity index (χ1v) is 6.64. The van der Waals surface area contributed by atoms with E-state index >= 15 is 0 Å². The van der Waals surface area contributed by atoms with Gasteiger partial charge in [-0.3, -0.25) is 10.2 Å². The molecular weight excluding hydrogens is 268 g/mol. The van der Waals surface area contributed by atoms with E-state index in [0.717, 1.165) is 16.2 Å². The maximum Gasteiger partial charge on any atom is 0.168 e. The Kier molecular flexibility index (Phi) is 3.75. The lowest BCUT2D eigenvalue weighted by atomic mass is 10.1. The monoisotopic (exact) mass is 284 g/mol. The number of hydrogen-bond donors (Lipinski definition) is 1. The van der Waals surface area contributed by atoms with Crippen LogP contribution < -0.4 is 14.5 Å². The van der Waals surface area contributed by atoms with Gasteiger partial charge in [0.1, 0.15) is 12.9 Å². The SMILES string of the molecule is COc1ccc2c(c1OCc1ccccc1)CN=CN2O. The van der Waals surface area contributed by atoms with E-state index in [9.17, 15) is 5.21 Å². The Bertz CT molecular complexity index is 656. The van der Waals surface area contributed by atoms with Crippen molar-refractivity contribution in [3.8, 4) is 11.5 Å². The molecule has 0 atom stereocenters. The summed E-state index contributed by atoms with van der Waals surface area (Å²) in [5.41, 5.74) is 2.54. The highest BCUT2D eigenvalue weighted by Gasteiger charge is 2.20. The predicted molar refractivity (Wildman–Crippen MR) is 80.2 cm³/mol. The fourth-order valence-corrected chi connectivity index (χ4v) is 2.28. The lowest BCUT2D eigenvalue weighted by molar-refractivity contribution is 0.277. The van der Waals surface area contributed by atoms with Crippen LogP contribution in [0, 0.1) is 0 Å². The first-order valence-electron chi connectivity index (χ1n) is 6.64. The number of ether oxygens (including phenoxy) is 2. The Balaban J connectivity index is 1.91. The molecule has 1 heterocycles. The van der Waals surface area contributed by atoms with Gasteiger partial charge >= 0.3 is 0 Å². The molecule has 3 rings (SSSR count). The molecule has 0 radical (unpaired) electrons. The minimum atomic E-state index is 0.433. The molecular formula is C16H16N2O3. The molecule has 2 aromatic rings. The summed E-state index contributed by atoms with van der Waals surface area (Å²) in [6.45, 7) is 0.885. The summed E-state index contributed by atoms with van der Waals surface area (Å²) in [5.74, 6) is 1.25. The molecule has 1 N–H and O–H groups in total. The quantitative estimate of drug-likeness (QED) is 0.937. The number of hydroxylamine groups is 1. The summed E-state index contributed by atoms with van der Waals surface area (Å²) in [6, 6.07) is 13.5. The number of fused-ring (bicyclic) bond motifs is 1. The minimum Gasteiger partial charge on any atom is -0.493 e. The number of rotatable bonds is 4.